The lowest BCUT2D eigenvalue weighted by molar-refractivity contribution is -0.157. The molecule has 2 heterocycles. The summed E-state index contributed by atoms with van der Waals surface area (Å²) in [6, 6.07) is 0. The molecule has 2 rings (SSSR count). The van der Waals surface area contributed by atoms with Crippen LogP contribution in [0.25, 0.3) is 0 Å². The molecule has 0 aromatic carbocycles. The van der Waals surface area contributed by atoms with Crippen molar-refractivity contribution in [2.45, 2.75) is 38.2 Å². The van der Waals surface area contributed by atoms with Gasteiger partial charge in [-0.15, -0.1) is 0 Å². The van der Waals surface area contributed by atoms with E-state index < -0.39 is 5.60 Å². The van der Waals surface area contributed by atoms with E-state index >= 15 is 0 Å². The van der Waals surface area contributed by atoms with Crippen LogP contribution in [0.1, 0.15) is 32.0 Å². The van der Waals surface area contributed by atoms with Crippen molar-refractivity contribution >= 4 is 5.78 Å². The third-order valence-corrected chi connectivity index (χ3v) is 3.73. The van der Waals surface area contributed by atoms with Crippen molar-refractivity contribution in [1.29, 1.82) is 0 Å². The molecule has 0 radical (unpaired) electrons. The predicted molar refractivity (Wildman–Crippen MR) is 70.9 cm³/mol. The second kappa shape index (κ2) is 6.30. The van der Waals surface area contributed by atoms with Gasteiger partial charge < -0.3 is 14.0 Å². The van der Waals surface area contributed by atoms with E-state index in [9.17, 15) is 4.79 Å². The van der Waals surface area contributed by atoms with Crippen LogP contribution >= 0.6 is 0 Å². The zero-order chi connectivity index (χ0) is 13.7. The first-order valence-electron chi connectivity index (χ1n) is 6.89. The van der Waals surface area contributed by atoms with Crippen molar-refractivity contribution in [3.05, 3.63) is 18.2 Å². The highest BCUT2D eigenvalue weighted by Gasteiger charge is 2.40. The smallest absolute Gasteiger partial charge is 0.165 e. The Balaban J connectivity index is 1.97. The van der Waals surface area contributed by atoms with Gasteiger partial charge in [0.1, 0.15) is 11.4 Å². The molecule has 1 aromatic rings. The first kappa shape index (κ1) is 14.2. The topological polar surface area (TPSA) is 53.3 Å². The molecule has 0 saturated carbocycles. The molecule has 0 spiro atoms. The van der Waals surface area contributed by atoms with Gasteiger partial charge in [0.2, 0.25) is 0 Å². The van der Waals surface area contributed by atoms with E-state index in [4.69, 9.17) is 9.47 Å². The summed E-state index contributed by atoms with van der Waals surface area (Å²) in [7, 11) is 1.94. The number of carbonyl (C=O) groups is 1. The summed E-state index contributed by atoms with van der Waals surface area (Å²) in [6.45, 7) is 3.71. The average Bonchev–Trinajstić information content (AvgIpc) is 2.83. The minimum Gasteiger partial charge on any atom is -0.381 e. The Morgan fingerprint density at radius 1 is 1.53 bits per heavy atom. The monoisotopic (exact) mass is 266 g/mol. The summed E-state index contributed by atoms with van der Waals surface area (Å²) < 4.78 is 13.1. The van der Waals surface area contributed by atoms with Gasteiger partial charge in [-0.1, -0.05) is 0 Å². The fourth-order valence-corrected chi connectivity index (χ4v) is 2.57. The molecule has 1 fully saturated rings. The van der Waals surface area contributed by atoms with Crippen LogP contribution in [0.3, 0.4) is 0 Å². The van der Waals surface area contributed by atoms with Crippen molar-refractivity contribution in [2.75, 3.05) is 19.8 Å². The van der Waals surface area contributed by atoms with Crippen molar-refractivity contribution < 1.29 is 14.3 Å². The van der Waals surface area contributed by atoms with Crippen LogP contribution < -0.4 is 0 Å². The predicted octanol–water partition coefficient (Wildman–Crippen LogP) is 1.51. The molecule has 19 heavy (non-hydrogen) atoms. The summed E-state index contributed by atoms with van der Waals surface area (Å²) in [5, 5.41) is 0. The molecule has 0 atom stereocenters. The number of hydrogen-bond donors (Lipinski definition) is 0. The molecule has 0 amide bonds. The number of carbonyl (C=O) groups excluding carboxylic acids is 1. The van der Waals surface area contributed by atoms with E-state index in [0.29, 0.717) is 45.5 Å². The maximum absolute atomic E-state index is 12.5. The van der Waals surface area contributed by atoms with Crippen LogP contribution in [-0.2, 0) is 27.7 Å². The first-order valence-corrected chi connectivity index (χ1v) is 6.89. The van der Waals surface area contributed by atoms with Gasteiger partial charge in [-0.2, -0.15) is 0 Å². The Hall–Kier alpha value is -1.20. The summed E-state index contributed by atoms with van der Waals surface area (Å²) in [5.74, 6) is 1.12. The van der Waals surface area contributed by atoms with Gasteiger partial charge in [-0.05, 0) is 6.92 Å². The van der Waals surface area contributed by atoms with Crippen molar-refractivity contribution in [3.8, 4) is 0 Å². The standard InChI is InChI=1S/C14H22N2O3/c1-3-19-14(6-10-18-11-7-14)12(17)4-5-13-15-8-9-16(13)2/h8-9H,3-7,10-11H2,1-2H3. The number of hydrogen-bond acceptors (Lipinski definition) is 4. The minimum absolute atomic E-state index is 0.181. The van der Waals surface area contributed by atoms with Crippen molar-refractivity contribution in [2.24, 2.45) is 7.05 Å². The highest BCUT2D eigenvalue weighted by molar-refractivity contribution is 5.87. The Bertz CT molecular complexity index is 417. The van der Waals surface area contributed by atoms with E-state index in [-0.39, 0.29) is 5.78 Å². The van der Waals surface area contributed by atoms with Gasteiger partial charge >= 0.3 is 0 Å². The number of aryl methyl sites for hydroxylation is 2. The van der Waals surface area contributed by atoms with Crippen LogP contribution in [0, 0.1) is 0 Å². The number of ether oxygens (including phenoxy) is 2. The summed E-state index contributed by atoms with van der Waals surface area (Å²) in [5.41, 5.74) is -0.627. The van der Waals surface area contributed by atoms with E-state index in [0.717, 1.165) is 5.82 Å². The van der Waals surface area contributed by atoms with Crippen LogP contribution in [0.15, 0.2) is 12.4 Å². The molecule has 5 heteroatoms. The molecule has 1 aromatic heterocycles. The van der Waals surface area contributed by atoms with Gasteiger partial charge in [-0.3, -0.25) is 4.79 Å². The quantitative estimate of drug-likeness (QED) is 0.783. The fourth-order valence-electron chi connectivity index (χ4n) is 2.57. The maximum Gasteiger partial charge on any atom is 0.165 e. The average molecular weight is 266 g/mol. The second-order valence-corrected chi connectivity index (χ2v) is 4.92. The van der Waals surface area contributed by atoms with Crippen LogP contribution in [0.5, 0.6) is 0 Å². The number of rotatable bonds is 6. The zero-order valence-corrected chi connectivity index (χ0v) is 11.7. The van der Waals surface area contributed by atoms with Crippen molar-refractivity contribution in [1.82, 2.24) is 9.55 Å². The summed E-state index contributed by atoms with van der Waals surface area (Å²) in [6.07, 6.45) is 6.13. The molecule has 106 valence electrons. The van der Waals surface area contributed by atoms with Crippen molar-refractivity contribution in [3.63, 3.8) is 0 Å². The Morgan fingerprint density at radius 2 is 2.26 bits per heavy atom. The van der Waals surface area contributed by atoms with Gasteiger partial charge in [0.15, 0.2) is 5.78 Å². The van der Waals surface area contributed by atoms with Gasteiger partial charge in [0, 0.05) is 64.9 Å². The lowest BCUT2D eigenvalue weighted by atomic mass is 9.87. The molecule has 0 unspecified atom stereocenters. The Kier molecular flexibility index (Phi) is 4.71. The number of aromatic nitrogens is 2. The van der Waals surface area contributed by atoms with Gasteiger partial charge in [-0.25, -0.2) is 4.98 Å². The van der Waals surface area contributed by atoms with Crippen LogP contribution in [0.4, 0.5) is 0 Å². The molecule has 1 saturated heterocycles. The molecular formula is C14H22N2O3. The molecule has 0 aliphatic carbocycles. The molecule has 0 bridgehead atoms. The molecule has 5 nitrogen and oxygen atoms in total. The normalized spacial score (nSPS) is 18.4. The van der Waals surface area contributed by atoms with E-state index in [1.165, 1.54) is 0 Å². The highest BCUT2D eigenvalue weighted by atomic mass is 16.5. The van der Waals surface area contributed by atoms with Crippen LogP contribution in [0.2, 0.25) is 0 Å². The van der Waals surface area contributed by atoms with Crippen LogP contribution in [-0.4, -0.2) is 40.8 Å². The van der Waals surface area contributed by atoms with Gasteiger partial charge in [0.05, 0.1) is 0 Å². The lowest BCUT2D eigenvalue weighted by Gasteiger charge is -2.35. The zero-order valence-electron chi connectivity index (χ0n) is 11.7. The van der Waals surface area contributed by atoms with E-state index in [1.54, 1.807) is 6.20 Å². The highest BCUT2D eigenvalue weighted by Crippen LogP contribution is 2.28. The van der Waals surface area contributed by atoms with E-state index in [2.05, 4.69) is 4.98 Å². The maximum atomic E-state index is 12.5. The first-order chi connectivity index (χ1) is 9.18. The number of ketones is 1. The lowest BCUT2D eigenvalue weighted by Crippen LogP contribution is -2.46. The second-order valence-electron chi connectivity index (χ2n) is 4.92. The number of imidazole rings is 1. The third-order valence-electron chi connectivity index (χ3n) is 3.73. The Morgan fingerprint density at radius 3 is 2.84 bits per heavy atom. The molecule has 1 aliphatic rings. The van der Waals surface area contributed by atoms with Gasteiger partial charge in [0.25, 0.3) is 0 Å². The SMILES string of the molecule is CCOC1(C(=O)CCc2nccn2C)CCOCC1. The fraction of sp³-hybridized carbons (Fsp3) is 0.714. The molecule has 0 N–H and O–H groups in total. The molecular weight excluding hydrogens is 244 g/mol. The minimum atomic E-state index is -0.627. The molecule has 1 aliphatic heterocycles. The third kappa shape index (κ3) is 3.22. The largest absolute Gasteiger partial charge is 0.381 e. The number of nitrogens with zero attached hydrogens (tertiary/aromatic N) is 2. The number of Topliss-reactive ketones (excluding diaryl/α,β-unsaturated/α-hetero) is 1. The summed E-state index contributed by atoms with van der Waals surface area (Å²) >= 11 is 0. The van der Waals surface area contributed by atoms with E-state index in [1.807, 2.05) is 24.7 Å². The Labute approximate surface area is 113 Å². The summed E-state index contributed by atoms with van der Waals surface area (Å²) in [4.78, 5) is 16.7.